The summed E-state index contributed by atoms with van der Waals surface area (Å²) in [5.74, 6) is -6.32. The van der Waals surface area contributed by atoms with Crippen molar-refractivity contribution < 1.29 is 48.7 Å². The molecule has 0 saturated carbocycles. The minimum Gasteiger partial charge on any atom is -0.286 e. The highest BCUT2D eigenvalue weighted by Crippen LogP contribution is 2.46. The molecule has 0 unspecified atom stereocenters. The van der Waals surface area contributed by atoms with Gasteiger partial charge in [0.05, 0.1) is 22.4 Å². The number of alkyl halides is 8. The van der Waals surface area contributed by atoms with Gasteiger partial charge in [0.2, 0.25) is 5.91 Å². The van der Waals surface area contributed by atoms with Crippen LogP contribution < -0.4 is 4.72 Å². The van der Waals surface area contributed by atoms with E-state index in [0.717, 1.165) is 51.0 Å². The fourth-order valence-electron chi connectivity index (χ4n) is 4.31. The Morgan fingerprint density at radius 3 is 1.98 bits per heavy atom. The van der Waals surface area contributed by atoms with E-state index in [1.54, 1.807) is 0 Å². The molecule has 0 saturated heterocycles. The number of nitrogens with zero attached hydrogens (tertiary/aromatic N) is 1. The number of hydrogen-bond acceptors (Lipinski definition) is 3. The van der Waals surface area contributed by atoms with Crippen LogP contribution in [0.4, 0.5) is 35.1 Å². The molecule has 0 aliphatic rings. The van der Waals surface area contributed by atoms with Crippen LogP contribution in [0, 0.1) is 11.3 Å². The first-order valence-electron chi connectivity index (χ1n) is 13.0. The SMILES string of the molecule is CCCCCCCCCCCC(=O)NS(C)(=O)(O)[C@@H](CCC(F)(F)C(F)(F)F)c1ccc(C#N)c(C(F)(F)F)c1. The van der Waals surface area contributed by atoms with Gasteiger partial charge in [0.25, 0.3) is 0 Å². The van der Waals surface area contributed by atoms with Gasteiger partial charge in [-0.2, -0.15) is 44.6 Å². The van der Waals surface area contributed by atoms with Crippen LogP contribution in [-0.4, -0.2) is 33.0 Å². The van der Waals surface area contributed by atoms with E-state index in [2.05, 4.69) is 6.92 Å². The van der Waals surface area contributed by atoms with E-state index in [-0.39, 0.29) is 12.5 Å². The van der Waals surface area contributed by atoms with Crippen LogP contribution in [0.15, 0.2) is 18.2 Å². The molecule has 230 valence electrons. The summed E-state index contributed by atoms with van der Waals surface area (Å²) in [6.45, 7) is 2.10. The smallest absolute Gasteiger partial charge is 0.286 e. The van der Waals surface area contributed by atoms with Crippen LogP contribution in [0.5, 0.6) is 0 Å². The number of halogens is 8. The number of benzene rings is 1. The molecular weight excluding hydrogens is 572 g/mol. The molecule has 0 radical (unpaired) electrons. The molecule has 1 aromatic carbocycles. The number of rotatable bonds is 16. The largest absolute Gasteiger partial charge is 0.453 e. The monoisotopic (exact) mass is 608 g/mol. The van der Waals surface area contributed by atoms with Crippen molar-refractivity contribution in [3.05, 3.63) is 34.9 Å². The first kappa shape index (κ1) is 35.8. The Kier molecular flexibility index (Phi) is 12.6. The van der Waals surface area contributed by atoms with Crippen molar-refractivity contribution in [2.24, 2.45) is 0 Å². The highest BCUT2D eigenvalue weighted by atomic mass is 32.3. The van der Waals surface area contributed by atoms with Gasteiger partial charge in [-0.25, -0.2) is 0 Å². The van der Waals surface area contributed by atoms with Crippen LogP contribution in [0.2, 0.25) is 0 Å². The molecule has 0 heterocycles. The normalized spacial score (nSPS) is 14.7. The van der Waals surface area contributed by atoms with Gasteiger partial charge < -0.3 is 0 Å². The van der Waals surface area contributed by atoms with Crippen molar-refractivity contribution in [3.8, 4) is 6.07 Å². The van der Waals surface area contributed by atoms with E-state index < -0.39 is 68.5 Å². The van der Waals surface area contributed by atoms with Crippen molar-refractivity contribution in [2.45, 2.75) is 107 Å². The molecule has 0 aliphatic heterocycles. The highest BCUT2D eigenvalue weighted by molar-refractivity contribution is 8.13. The van der Waals surface area contributed by atoms with Crippen molar-refractivity contribution in [1.29, 1.82) is 5.26 Å². The minimum absolute atomic E-state index is 0.259. The third-order valence-corrected chi connectivity index (χ3v) is 9.09. The Balaban J connectivity index is 3.15. The van der Waals surface area contributed by atoms with Crippen molar-refractivity contribution in [3.63, 3.8) is 0 Å². The van der Waals surface area contributed by atoms with E-state index in [9.17, 15) is 48.7 Å². The molecule has 1 atom stereocenters. The van der Waals surface area contributed by atoms with Gasteiger partial charge >= 0.3 is 18.3 Å². The van der Waals surface area contributed by atoms with Crippen molar-refractivity contribution >= 4 is 15.4 Å². The fourth-order valence-corrected chi connectivity index (χ4v) is 6.57. The lowest BCUT2D eigenvalue weighted by Crippen LogP contribution is -2.53. The maximum absolute atomic E-state index is 13.7. The summed E-state index contributed by atoms with van der Waals surface area (Å²) in [4.78, 5) is 12.5. The second kappa shape index (κ2) is 14.1. The average molecular weight is 609 g/mol. The molecule has 0 aliphatic carbocycles. The number of carbonyl (C=O) groups excluding carboxylic acids is 1. The lowest BCUT2D eigenvalue weighted by Gasteiger charge is -2.47. The minimum atomic E-state index is -6.02. The Hall–Kier alpha value is -2.27. The number of hydrogen-bond donors (Lipinski definition) is 2. The number of carbonyl (C=O) groups is 1. The average Bonchev–Trinajstić information content (AvgIpc) is 2.80. The predicted molar refractivity (Wildman–Crippen MR) is 136 cm³/mol. The van der Waals surface area contributed by atoms with Crippen LogP contribution in [0.25, 0.3) is 0 Å². The van der Waals surface area contributed by atoms with E-state index in [0.29, 0.717) is 25.2 Å². The summed E-state index contributed by atoms with van der Waals surface area (Å²) >= 11 is 0. The molecule has 1 amide bonds. The standard InChI is InChI=1S/C26H36F8N2O3S/c1-3-4-5-6-7-8-9-10-11-12-23(37)36-40(2,38,39)22(15-16-24(27,28)26(32,33)34)19-13-14-20(18-35)21(17-19)25(29,30)31/h13-14,17,22H,3-12,15-16H2,1-2H3,(H2,36,37,38,39)/t22-/m0/s1. The maximum atomic E-state index is 13.7. The van der Waals surface area contributed by atoms with Gasteiger partial charge in [0, 0.05) is 19.1 Å². The summed E-state index contributed by atoms with van der Waals surface area (Å²) in [6, 6.07) is 2.94. The first-order chi connectivity index (χ1) is 18.2. The second-order valence-corrected chi connectivity index (χ2v) is 13.6. The third-order valence-electron chi connectivity index (χ3n) is 6.52. The molecule has 0 bridgehead atoms. The lowest BCUT2D eigenvalue weighted by molar-refractivity contribution is -0.284. The highest BCUT2D eigenvalue weighted by Gasteiger charge is 2.57. The molecule has 1 aromatic rings. The van der Waals surface area contributed by atoms with Crippen LogP contribution in [-0.2, 0) is 20.5 Å². The van der Waals surface area contributed by atoms with Gasteiger partial charge in [-0.3, -0.25) is 14.1 Å². The summed E-state index contributed by atoms with van der Waals surface area (Å²) < 4.78 is 133. The predicted octanol–water partition coefficient (Wildman–Crippen LogP) is 8.47. The summed E-state index contributed by atoms with van der Waals surface area (Å²) in [5.41, 5.74) is -3.18. The van der Waals surface area contributed by atoms with Crippen LogP contribution >= 0.6 is 0 Å². The Morgan fingerprint density at radius 1 is 0.975 bits per heavy atom. The third kappa shape index (κ3) is 11.0. The topological polar surface area (TPSA) is 90.2 Å². The Labute approximate surface area is 229 Å². The summed E-state index contributed by atoms with van der Waals surface area (Å²) in [5, 5.41) is 6.72. The van der Waals surface area contributed by atoms with Gasteiger partial charge in [0.15, 0.2) is 0 Å². The molecule has 2 N–H and O–H groups in total. The van der Waals surface area contributed by atoms with E-state index in [1.165, 1.54) is 6.07 Å². The van der Waals surface area contributed by atoms with Crippen LogP contribution in [0.3, 0.4) is 0 Å². The number of amides is 1. The number of unbranched alkanes of at least 4 members (excludes halogenated alkanes) is 8. The van der Waals surface area contributed by atoms with Crippen molar-refractivity contribution in [1.82, 2.24) is 4.72 Å². The molecule has 40 heavy (non-hydrogen) atoms. The molecular formula is C26H36F8N2O3S. The lowest BCUT2D eigenvalue weighted by atomic mass is 9.99. The maximum Gasteiger partial charge on any atom is 0.453 e. The van der Waals surface area contributed by atoms with E-state index in [1.807, 2.05) is 4.72 Å². The van der Waals surface area contributed by atoms with E-state index in [4.69, 9.17) is 5.26 Å². The quantitative estimate of drug-likeness (QED) is 0.146. The Morgan fingerprint density at radius 2 is 1.50 bits per heavy atom. The zero-order valence-corrected chi connectivity index (χ0v) is 23.3. The summed E-state index contributed by atoms with van der Waals surface area (Å²) in [7, 11) is -5.69. The zero-order chi connectivity index (χ0) is 30.9. The Bertz CT molecular complexity index is 1090. The van der Waals surface area contributed by atoms with Crippen LogP contribution in [0.1, 0.15) is 106 Å². The number of nitriles is 1. The van der Waals surface area contributed by atoms with Crippen molar-refractivity contribution in [2.75, 3.05) is 6.26 Å². The fraction of sp³-hybridized carbons (Fsp3) is 0.692. The molecule has 1 rings (SSSR count). The first-order valence-corrected chi connectivity index (χ1v) is 15.4. The molecule has 14 heteroatoms. The van der Waals surface area contributed by atoms with Gasteiger partial charge in [-0.15, -0.1) is 9.53 Å². The zero-order valence-electron chi connectivity index (χ0n) is 22.4. The number of nitrogens with one attached hydrogen (secondary N) is 1. The van der Waals surface area contributed by atoms with Gasteiger partial charge in [-0.1, -0.05) is 64.4 Å². The molecule has 5 nitrogen and oxygen atoms in total. The molecule has 0 spiro atoms. The summed E-state index contributed by atoms with van der Waals surface area (Å²) in [6.07, 6.45) is -6.22. The van der Waals surface area contributed by atoms with Gasteiger partial charge in [-0.05, 0) is 30.5 Å². The second-order valence-electron chi connectivity index (χ2n) is 10.1. The molecule has 0 fully saturated rings. The van der Waals surface area contributed by atoms with Gasteiger partial charge in [0.1, 0.15) is 0 Å². The van der Waals surface area contributed by atoms with E-state index >= 15 is 0 Å². The molecule has 0 aromatic heterocycles.